The van der Waals surface area contributed by atoms with Crippen molar-refractivity contribution in [3.8, 4) is 0 Å². The standard InChI is InChI=1S/C11H22FN/c1-7(2)11(8(3)4)6-5-9(12)10(11)13/h7-10H,5-6,13H2,1-4H3/t9?,10-/m1/s1. The summed E-state index contributed by atoms with van der Waals surface area (Å²) in [6, 6.07) is -0.257. The van der Waals surface area contributed by atoms with E-state index < -0.39 is 6.17 Å². The molecule has 0 saturated heterocycles. The van der Waals surface area contributed by atoms with Crippen LogP contribution in [-0.2, 0) is 0 Å². The SMILES string of the molecule is CC(C)C1(C(C)C)CCC(F)[C@H]1N. The van der Waals surface area contributed by atoms with E-state index >= 15 is 0 Å². The van der Waals surface area contributed by atoms with Gasteiger partial charge in [-0.25, -0.2) is 4.39 Å². The van der Waals surface area contributed by atoms with Crippen molar-refractivity contribution in [3.05, 3.63) is 0 Å². The van der Waals surface area contributed by atoms with Crippen LogP contribution in [0.5, 0.6) is 0 Å². The molecule has 0 aromatic rings. The molecule has 78 valence electrons. The molecule has 1 aliphatic rings. The highest BCUT2D eigenvalue weighted by Crippen LogP contribution is 2.49. The van der Waals surface area contributed by atoms with Crippen molar-refractivity contribution in [2.75, 3.05) is 0 Å². The number of alkyl halides is 1. The van der Waals surface area contributed by atoms with Gasteiger partial charge in [-0.2, -0.15) is 0 Å². The molecule has 0 aromatic heterocycles. The van der Waals surface area contributed by atoms with Crippen molar-refractivity contribution in [2.45, 2.75) is 52.8 Å². The van der Waals surface area contributed by atoms with E-state index in [-0.39, 0.29) is 11.5 Å². The molecule has 1 fully saturated rings. The molecule has 1 rings (SSSR count). The highest BCUT2D eigenvalue weighted by Gasteiger charge is 2.50. The molecule has 13 heavy (non-hydrogen) atoms. The van der Waals surface area contributed by atoms with Gasteiger partial charge in [-0.05, 0) is 30.1 Å². The van der Waals surface area contributed by atoms with E-state index in [4.69, 9.17) is 5.73 Å². The molecule has 0 amide bonds. The van der Waals surface area contributed by atoms with Gasteiger partial charge in [0.15, 0.2) is 0 Å². The Balaban J connectivity index is 2.92. The normalized spacial score (nSPS) is 33.2. The van der Waals surface area contributed by atoms with Crippen LogP contribution in [0.3, 0.4) is 0 Å². The zero-order chi connectivity index (χ0) is 10.2. The summed E-state index contributed by atoms with van der Waals surface area (Å²) in [6.07, 6.45) is 0.812. The summed E-state index contributed by atoms with van der Waals surface area (Å²) in [6.45, 7) is 8.66. The molecular formula is C11H22FN. The van der Waals surface area contributed by atoms with E-state index in [9.17, 15) is 4.39 Å². The topological polar surface area (TPSA) is 26.0 Å². The number of hydrogen-bond acceptors (Lipinski definition) is 1. The van der Waals surface area contributed by atoms with Crippen molar-refractivity contribution in [3.63, 3.8) is 0 Å². The van der Waals surface area contributed by atoms with Crippen LogP contribution in [0.15, 0.2) is 0 Å². The minimum Gasteiger partial charge on any atom is -0.325 e. The average molecular weight is 187 g/mol. The van der Waals surface area contributed by atoms with Gasteiger partial charge >= 0.3 is 0 Å². The summed E-state index contributed by atoms with van der Waals surface area (Å²) in [5, 5.41) is 0. The molecule has 1 unspecified atom stereocenters. The molecule has 0 radical (unpaired) electrons. The van der Waals surface area contributed by atoms with Gasteiger partial charge in [0, 0.05) is 6.04 Å². The first-order valence-electron chi connectivity index (χ1n) is 5.32. The second kappa shape index (κ2) is 3.56. The second-order valence-corrected chi connectivity index (χ2v) is 5.00. The van der Waals surface area contributed by atoms with Crippen molar-refractivity contribution in [2.24, 2.45) is 23.0 Å². The monoisotopic (exact) mass is 187 g/mol. The van der Waals surface area contributed by atoms with E-state index in [2.05, 4.69) is 27.7 Å². The lowest BCUT2D eigenvalue weighted by Gasteiger charge is -2.41. The molecule has 2 atom stereocenters. The zero-order valence-electron chi connectivity index (χ0n) is 9.18. The van der Waals surface area contributed by atoms with E-state index in [1.165, 1.54) is 0 Å². The largest absolute Gasteiger partial charge is 0.325 e. The summed E-state index contributed by atoms with van der Waals surface area (Å²) in [7, 11) is 0. The maximum absolute atomic E-state index is 13.4. The van der Waals surface area contributed by atoms with Gasteiger partial charge in [0.2, 0.25) is 0 Å². The zero-order valence-corrected chi connectivity index (χ0v) is 9.18. The Morgan fingerprint density at radius 2 is 1.69 bits per heavy atom. The van der Waals surface area contributed by atoms with Gasteiger partial charge in [-0.3, -0.25) is 0 Å². The Hall–Kier alpha value is -0.110. The fraction of sp³-hybridized carbons (Fsp3) is 1.00. The molecule has 0 bridgehead atoms. The Morgan fingerprint density at radius 1 is 1.23 bits per heavy atom. The van der Waals surface area contributed by atoms with Crippen LogP contribution in [0.25, 0.3) is 0 Å². The third-order valence-electron chi connectivity index (χ3n) is 4.01. The van der Waals surface area contributed by atoms with Crippen LogP contribution >= 0.6 is 0 Å². The molecule has 0 spiro atoms. The minimum absolute atomic E-state index is 0.0272. The van der Waals surface area contributed by atoms with Gasteiger partial charge in [-0.15, -0.1) is 0 Å². The molecule has 2 N–H and O–H groups in total. The lowest BCUT2D eigenvalue weighted by atomic mass is 9.65. The van der Waals surface area contributed by atoms with Crippen LogP contribution in [0, 0.1) is 17.3 Å². The Morgan fingerprint density at radius 3 is 1.85 bits per heavy atom. The summed E-state index contributed by atoms with van der Waals surface area (Å²) in [5.41, 5.74) is 6.01. The molecule has 0 aliphatic heterocycles. The Labute approximate surface area is 80.9 Å². The summed E-state index contributed by atoms with van der Waals surface area (Å²) >= 11 is 0. The van der Waals surface area contributed by atoms with Crippen molar-refractivity contribution in [1.29, 1.82) is 0 Å². The van der Waals surface area contributed by atoms with Crippen LogP contribution in [0.4, 0.5) is 4.39 Å². The lowest BCUT2D eigenvalue weighted by Crippen LogP contribution is -2.48. The summed E-state index contributed by atoms with van der Waals surface area (Å²) in [5.74, 6) is 0.950. The van der Waals surface area contributed by atoms with E-state index in [0.717, 1.165) is 6.42 Å². The minimum atomic E-state index is -0.787. The number of halogens is 1. The van der Waals surface area contributed by atoms with Gasteiger partial charge < -0.3 is 5.73 Å². The first kappa shape index (κ1) is 11.0. The van der Waals surface area contributed by atoms with Crippen molar-refractivity contribution < 1.29 is 4.39 Å². The van der Waals surface area contributed by atoms with Crippen molar-refractivity contribution in [1.82, 2.24) is 0 Å². The third-order valence-corrected chi connectivity index (χ3v) is 4.01. The number of nitrogens with two attached hydrogens (primary N) is 1. The predicted octanol–water partition coefficient (Wildman–Crippen LogP) is 2.74. The maximum atomic E-state index is 13.4. The smallest absolute Gasteiger partial charge is 0.116 e. The number of hydrogen-bond donors (Lipinski definition) is 1. The van der Waals surface area contributed by atoms with E-state index in [1.807, 2.05) is 0 Å². The molecule has 2 heteroatoms. The Kier molecular flexibility index (Phi) is 3.01. The highest BCUT2D eigenvalue weighted by atomic mass is 19.1. The first-order chi connectivity index (χ1) is 5.93. The molecule has 1 saturated carbocycles. The van der Waals surface area contributed by atoms with Crippen LogP contribution < -0.4 is 5.73 Å². The predicted molar refractivity (Wildman–Crippen MR) is 54.2 cm³/mol. The average Bonchev–Trinajstić information content (AvgIpc) is 2.30. The highest BCUT2D eigenvalue weighted by molar-refractivity contribution is 5.03. The quantitative estimate of drug-likeness (QED) is 0.706. The van der Waals surface area contributed by atoms with Gasteiger partial charge in [0.25, 0.3) is 0 Å². The van der Waals surface area contributed by atoms with Gasteiger partial charge in [0.05, 0.1) is 0 Å². The maximum Gasteiger partial charge on any atom is 0.116 e. The van der Waals surface area contributed by atoms with Gasteiger partial charge in [0.1, 0.15) is 6.17 Å². The summed E-state index contributed by atoms with van der Waals surface area (Å²) < 4.78 is 13.4. The van der Waals surface area contributed by atoms with Crippen molar-refractivity contribution >= 4 is 0 Å². The second-order valence-electron chi connectivity index (χ2n) is 5.00. The Bertz CT molecular complexity index is 169. The fourth-order valence-electron chi connectivity index (χ4n) is 3.08. The molecule has 0 heterocycles. The van der Waals surface area contributed by atoms with Crippen LogP contribution in [0.2, 0.25) is 0 Å². The fourth-order valence-corrected chi connectivity index (χ4v) is 3.08. The number of rotatable bonds is 2. The third kappa shape index (κ3) is 1.50. The van der Waals surface area contributed by atoms with Gasteiger partial charge in [-0.1, -0.05) is 27.7 Å². The van der Waals surface area contributed by atoms with E-state index in [1.54, 1.807) is 0 Å². The van der Waals surface area contributed by atoms with Crippen LogP contribution in [0.1, 0.15) is 40.5 Å². The molecule has 1 aliphatic carbocycles. The molecule has 1 nitrogen and oxygen atoms in total. The first-order valence-corrected chi connectivity index (χ1v) is 5.32. The summed E-state index contributed by atoms with van der Waals surface area (Å²) in [4.78, 5) is 0. The molecule has 0 aromatic carbocycles. The van der Waals surface area contributed by atoms with E-state index in [0.29, 0.717) is 18.3 Å². The van der Waals surface area contributed by atoms with Crippen LogP contribution in [-0.4, -0.2) is 12.2 Å². The molecular weight excluding hydrogens is 165 g/mol. The lowest BCUT2D eigenvalue weighted by molar-refractivity contribution is 0.0825.